The Balaban J connectivity index is 1.57. The zero-order valence-corrected chi connectivity index (χ0v) is 14.9. The number of carbonyl (C=O) groups excluding carboxylic acids is 1. The number of nitrogens with one attached hydrogen (secondary N) is 1. The van der Waals surface area contributed by atoms with Gasteiger partial charge in [-0.2, -0.15) is 0 Å². The Bertz CT molecular complexity index is 1070. The molecule has 0 saturated heterocycles. The van der Waals surface area contributed by atoms with Crippen molar-refractivity contribution in [2.75, 3.05) is 0 Å². The molecule has 0 unspecified atom stereocenters. The predicted molar refractivity (Wildman–Crippen MR) is 99.9 cm³/mol. The molecule has 1 amide bonds. The van der Waals surface area contributed by atoms with Gasteiger partial charge in [0.15, 0.2) is 0 Å². The number of pyridine rings is 1. The Morgan fingerprint density at radius 3 is 2.46 bits per heavy atom. The first-order chi connectivity index (χ1) is 12.5. The van der Waals surface area contributed by atoms with Crippen molar-refractivity contribution in [1.82, 2.24) is 9.71 Å². The van der Waals surface area contributed by atoms with E-state index in [0.29, 0.717) is 23.9 Å². The van der Waals surface area contributed by atoms with Gasteiger partial charge in [-0.25, -0.2) is 8.42 Å². The summed E-state index contributed by atoms with van der Waals surface area (Å²) >= 11 is 0. The first kappa shape index (κ1) is 16.7. The fourth-order valence-electron chi connectivity index (χ4n) is 3.29. The number of benzene rings is 2. The summed E-state index contributed by atoms with van der Waals surface area (Å²) in [4.78, 5) is 17.0. The molecular formula is C20H18N2O3S. The SMILES string of the molecule is O=C(NS(=O)(=O)Cc1cccc2cccnc12)C1(c2ccccc2)CC1. The quantitative estimate of drug-likeness (QED) is 0.753. The van der Waals surface area contributed by atoms with Crippen LogP contribution in [-0.4, -0.2) is 19.3 Å². The van der Waals surface area contributed by atoms with Crippen LogP contribution >= 0.6 is 0 Å². The van der Waals surface area contributed by atoms with Crippen LogP contribution in [0.3, 0.4) is 0 Å². The summed E-state index contributed by atoms with van der Waals surface area (Å²) in [5, 5.41) is 0.870. The predicted octanol–water partition coefficient (Wildman–Crippen LogP) is 2.91. The van der Waals surface area contributed by atoms with Gasteiger partial charge in [-0.1, -0.05) is 54.6 Å². The van der Waals surface area contributed by atoms with Gasteiger partial charge in [0.1, 0.15) is 0 Å². The lowest BCUT2D eigenvalue weighted by molar-refractivity contribution is -0.121. The number of fused-ring (bicyclic) bond motifs is 1. The molecule has 3 aromatic rings. The van der Waals surface area contributed by atoms with Gasteiger partial charge in [0, 0.05) is 11.6 Å². The highest BCUT2D eigenvalue weighted by Gasteiger charge is 2.52. The highest BCUT2D eigenvalue weighted by atomic mass is 32.2. The summed E-state index contributed by atoms with van der Waals surface area (Å²) in [5.41, 5.74) is 1.36. The molecule has 1 fully saturated rings. The van der Waals surface area contributed by atoms with Crippen LogP contribution < -0.4 is 4.72 Å². The van der Waals surface area contributed by atoms with Crippen LogP contribution in [0.2, 0.25) is 0 Å². The smallest absolute Gasteiger partial charge is 0.244 e. The van der Waals surface area contributed by atoms with Crippen molar-refractivity contribution in [2.24, 2.45) is 0 Å². The minimum absolute atomic E-state index is 0.280. The number of hydrogen-bond acceptors (Lipinski definition) is 4. The molecule has 0 radical (unpaired) electrons. The summed E-state index contributed by atoms with van der Waals surface area (Å²) in [5.74, 6) is -0.727. The van der Waals surface area contributed by atoms with E-state index in [1.54, 1.807) is 24.4 Å². The third kappa shape index (κ3) is 3.08. The van der Waals surface area contributed by atoms with Gasteiger partial charge in [0.25, 0.3) is 0 Å². The molecule has 26 heavy (non-hydrogen) atoms. The van der Waals surface area contributed by atoms with Crippen molar-refractivity contribution >= 4 is 26.8 Å². The van der Waals surface area contributed by atoms with Gasteiger partial charge in [-0.05, 0) is 30.0 Å². The van der Waals surface area contributed by atoms with E-state index in [2.05, 4.69) is 9.71 Å². The average Bonchev–Trinajstić information content (AvgIpc) is 3.44. The summed E-state index contributed by atoms with van der Waals surface area (Å²) in [6.45, 7) is 0. The van der Waals surface area contributed by atoms with E-state index < -0.39 is 21.3 Å². The van der Waals surface area contributed by atoms with Crippen molar-refractivity contribution in [3.8, 4) is 0 Å². The number of rotatable bonds is 5. The first-order valence-electron chi connectivity index (χ1n) is 8.43. The van der Waals surface area contributed by atoms with Crippen LogP contribution in [0.4, 0.5) is 0 Å². The van der Waals surface area contributed by atoms with Crippen LogP contribution in [0.15, 0.2) is 66.9 Å². The molecule has 0 aliphatic heterocycles. The maximum atomic E-state index is 12.7. The normalized spacial score (nSPS) is 15.5. The minimum Gasteiger partial charge on any atom is -0.273 e. The number of aromatic nitrogens is 1. The van der Waals surface area contributed by atoms with Gasteiger partial charge in [0.05, 0.1) is 16.7 Å². The highest BCUT2D eigenvalue weighted by molar-refractivity contribution is 7.89. The maximum Gasteiger partial charge on any atom is 0.244 e. The third-order valence-corrected chi connectivity index (χ3v) is 6.01. The lowest BCUT2D eigenvalue weighted by Crippen LogP contribution is -2.39. The number of carbonyl (C=O) groups is 1. The van der Waals surface area contributed by atoms with Crippen LogP contribution in [0.5, 0.6) is 0 Å². The lowest BCUT2D eigenvalue weighted by Gasteiger charge is -2.16. The van der Waals surface area contributed by atoms with Crippen LogP contribution in [0.1, 0.15) is 24.0 Å². The second kappa shape index (κ2) is 6.21. The number of amides is 1. The number of nitrogens with zero attached hydrogens (tertiary/aromatic N) is 1. The number of sulfonamides is 1. The molecule has 1 heterocycles. The Kier molecular flexibility index (Phi) is 4.00. The van der Waals surface area contributed by atoms with Gasteiger partial charge >= 0.3 is 0 Å². The van der Waals surface area contributed by atoms with E-state index in [1.165, 1.54) is 0 Å². The summed E-state index contributed by atoms with van der Waals surface area (Å²) in [7, 11) is -3.82. The molecule has 1 aliphatic carbocycles. The van der Waals surface area contributed by atoms with Crippen LogP contribution in [0, 0.1) is 0 Å². The number of para-hydroxylation sites is 1. The molecule has 0 atom stereocenters. The molecule has 4 rings (SSSR count). The standard InChI is InChI=1S/C20H18N2O3S/c23-19(20(11-12-20)17-9-2-1-3-10-17)22-26(24,25)14-16-7-4-6-15-8-5-13-21-18(15)16/h1-10,13H,11-12,14H2,(H,22,23). The summed E-state index contributed by atoms with van der Waals surface area (Å²) in [6, 6.07) is 18.4. The van der Waals surface area contributed by atoms with Crippen molar-refractivity contribution in [3.63, 3.8) is 0 Å². The van der Waals surface area contributed by atoms with E-state index in [-0.39, 0.29) is 5.75 Å². The summed E-state index contributed by atoms with van der Waals surface area (Å²) < 4.78 is 27.5. The first-order valence-corrected chi connectivity index (χ1v) is 10.1. The second-order valence-corrected chi connectivity index (χ2v) is 8.35. The summed E-state index contributed by atoms with van der Waals surface area (Å²) in [6.07, 6.45) is 2.95. The molecule has 6 heteroatoms. The van der Waals surface area contributed by atoms with Gasteiger partial charge < -0.3 is 0 Å². The Labute approximate surface area is 152 Å². The van der Waals surface area contributed by atoms with Gasteiger partial charge in [-0.15, -0.1) is 0 Å². The molecule has 1 aliphatic rings. The molecule has 0 spiro atoms. The van der Waals surface area contributed by atoms with Crippen LogP contribution in [0.25, 0.3) is 10.9 Å². The molecule has 1 saturated carbocycles. The minimum atomic E-state index is -3.82. The van der Waals surface area contributed by atoms with Crippen molar-refractivity contribution < 1.29 is 13.2 Å². The Morgan fingerprint density at radius 2 is 1.73 bits per heavy atom. The van der Waals surface area contributed by atoms with E-state index in [9.17, 15) is 13.2 Å². The van der Waals surface area contributed by atoms with E-state index in [4.69, 9.17) is 0 Å². The average molecular weight is 366 g/mol. The molecular weight excluding hydrogens is 348 g/mol. The molecule has 1 aromatic heterocycles. The van der Waals surface area contributed by atoms with Crippen LogP contribution in [-0.2, 0) is 26.0 Å². The van der Waals surface area contributed by atoms with Crippen molar-refractivity contribution in [2.45, 2.75) is 24.0 Å². The van der Waals surface area contributed by atoms with E-state index in [1.807, 2.05) is 42.5 Å². The molecule has 2 aromatic carbocycles. The zero-order chi connectivity index (χ0) is 18.2. The largest absolute Gasteiger partial charge is 0.273 e. The Hall–Kier alpha value is -2.73. The molecule has 5 nitrogen and oxygen atoms in total. The highest BCUT2D eigenvalue weighted by Crippen LogP contribution is 2.48. The fraction of sp³-hybridized carbons (Fsp3) is 0.200. The van der Waals surface area contributed by atoms with E-state index >= 15 is 0 Å². The van der Waals surface area contributed by atoms with Gasteiger partial charge in [-0.3, -0.25) is 14.5 Å². The maximum absolute atomic E-state index is 12.7. The van der Waals surface area contributed by atoms with Crippen molar-refractivity contribution in [3.05, 3.63) is 78.0 Å². The fourth-order valence-corrected chi connectivity index (χ4v) is 4.49. The Morgan fingerprint density at radius 1 is 1.00 bits per heavy atom. The van der Waals surface area contributed by atoms with Gasteiger partial charge in [0.2, 0.25) is 15.9 Å². The molecule has 0 bridgehead atoms. The molecule has 132 valence electrons. The monoisotopic (exact) mass is 366 g/mol. The lowest BCUT2D eigenvalue weighted by atomic mass is 9.96. The third-order valence-electron chi connectivity index (χ3n) is 4.82. The number of hydrogen-bond donors (Lipinski definition) is 1. The second-order valence-electron chi connectivity index (χ2n) is 6.63. The topological polar surface area (TPSA) is 76.1 Å². The molecule has 1 N–H and O–H groups in total. The zero-order valence-electron chi connectivity index (χ0n) is 14.1. The van der Waals surface area contributed by atoms with Crippen molar-refractivity contribution in [1.29, 1.82) is 0 Å². The van der Waals surface area contributed by atoms with E-state index in [0.717, 1.165) is 10.9 Å².